The fourth-order valence-corrected chi connectivity index (χ4v) is 2.86. The number of H-pyrrole nitrogens is 1. The molecule has 1 heterocycles. The zero-order valence-corrected chi connectivity index (χ0v) is 16.4. The highest BCUT2D eigenvalue weighted by atomic mass is 35.5. The number of imidazole rings is 1. The Morgan fingerprint density at radius 1 is 1.25 bits per heavy atom. The molecule has 0 aliphatic rings. The van der Waals surface area contributed by atoms with E-state index in [2.05, 4.69) is 20.6 Å². The topological polar surface area (TPSA) is 96.1 Å². The van der Waals surface area contributed by atoms with Crippen molar-refractivity contribution in [1.29, 1.82) is 0 Å². The van der Waals surface area contributed by atoms with E-state index >= 15 is 0 Å². The Bertz CT molecular complexity index is 983. The van der Waals surface area contributed by atoms with Crippen molar-refractivity contribution >= 4 is 40.1 Å². The molecule has 2 amide bonds. The van der Waals surface area contributed by atoms with E-state index in [9.17, 15) is 9.59 Å². The summed E-state index contributed by atoms with van der Waals surface area (Å²) in [5.74, 6) is 0.686. The highest BCUT2D eigenvalue weighted by Gasteiger charge is 2.11. The summed E-state index contributed by atoms with van der Waals surface area (Å²) in [7, 11) is 0. The van der Waals surface area contributed by atoms with Crippen LogP contribution < -0.4 is 15.4 Å². The summed E-state index contributed by atoms with van der Waals surface area (Å²) in [6, 6.07) is 11.1. The Balaban J connectivity index is 1.52. The van der Waals surface area contributed by atoms with Gasteiger partial charge in [-0.05, 0) is 36.8 Å². The van der Waals surface area contributed by atoms with Crippen LogP contribution in [-0.4, -0.2) is 34.9 Å². The number of benzene rings is 2. The number of nitrogens with zero attached hydrogens (tertiary/aromatic N) is 1. The largest absolute Gasteiger partial charge is 0.482 e. The maximum Gasteiger partial charge on any atom is 0.257 e. The van der Waals surface area contributed by atoms with Crippen LogP contribution in [0.5, 0.6) is 5.75 Å². The third-order valence-electron chi connectivity index (χ3n) is 4.05. The number of carbonyl (C=O) groups is 2. The number of fused-ring (bicyclic) bond motifs is 1. The van der Waals surface area contributed by atoms with E-state index in [4.69, 9.17) is 16.3 Å². The number of amides is 2. The van der Waals surface area contributed by atoms with Crippen LogP contribution in [0.15, 0.2) is 36.4 Å². The Kier molecular flexibility index (Phi) is 6.16. The van der Waals surface area contributed by atoms with Crippen molar-refractivity contribution in [3.05, 3.63) is 52.8 Å². The summed E-state index contributed by atoms with van der Waals surface area (Å²) >= 11 is 6.09. The third-order valence-corrected chi connectivity index (χ3v) is 4.46. The molecule has 146 valence electrons. The van der Waals surface area contributed by atoms with Crippen LogP contribution in [0, 0.1) is 6.92 Å². The van der Waals surface area contributed by atoms with Gasteiger partial charge in [-0.15, -0.1) is 0 Å². The minimum atomic E-state index is -0.266. The van der Waals surface area contributed by atoms with Gasteiger partial charge in [0.05, 0.1) is 16.7 Å². The van der Waals surface area contributed by atoms with Gasteiger partial charge in [0.1, 0.15) is 11.6 Å². The number of para-hydroxylation sites is 2. The first-order valence-corrected chi connectivity index (χ1v) is 9.21. The molecule has 28 heavy (non-hydrogen) atoms. The summed E-state index contributed by atoms with van der Waals surface area (Å²) in [6.07, 6.45) is 0.581. The number of nitrogens with one attached hydrogen (secondary N) is 3. The number of carbonyl (C=O) groups excluding carboxylic acids is 2. The lowest BCUT2D eigenvalue weighted by Gasteiger charge is -2.13. The van der Waals surface area contributed by atoms with Crippen LogP contribution in [0.1, 0.15) is 18.3 Å². The number of ether oxygens (including phenoxy) is 1. The second-order valence-corrected chi connectivity index (χ2v) is 6.78. The molecule has 0 saturated carbocycles. The normalized spacial score (nSPS) is 10.7. The minimum absolute atomic E-state index is 0.173. The number of aromatic amines is 1. The number of aromatic nitrogens is 2. The molecule has 3 rings (SSSR count). The number of halogens is 1. The predicted molar refractivity (Wildman–Crippen MR) is 109 cm³/mol. The Morgan fingerprint density at radius 2 is 2.04 bits per heavy atom. The van der Waals surface area contributed by atoms with Crippen molar-refractivity contribution in [2.24, 2.45) is 0 Å². The molecule has 0 unspecified atom stereocenters. The summed E-state index contributed by atoms with van der Waals surface area (Å²) < 4.78 is 5.58. The van der Waals surface area contributed by atoms with E-state index in [1.54, 1.807) is 12.1 Å². The molecule has 0 radical (unpaired) electrons. The van der Waals surface area contributed by atoms with Gasteiger partial charge in [0.15, 0.2) is 6.61 Å². The second-order valence-electron chi connectivity index (χ2n) is 6.37. The van der Waals surface area contributed by atoms with Crippen molar-refractivity contribution in [1.82, 2.24) is 15.3 Å². The van der Waals surface area contributed by atoms with Gasteiger partial charge in [-0.1, -0.05) is 23.7 Å². The molecule has 1 aromatic heterocycles. The first-order valence-electron chi connectivity index (χ1n) is 8.83. The zero-order chi connectivity index (χ0) is 20.1. The maximum absolute atomic E-state index is 12.1. The van der Waals surface area contributed by atoms with Gasteiger partial charge < -0.3 is 20.4 Å². The summed E-state index contributed by atoms with van der Waals surface area (Å²) in [5, 5.41) is 5.95. The highest BCUT2D eigenvalue weighted by molar-refractivity contribution is 6.31. The average Bonchev–Trinajstić information content (AvgIpc) is 3.05. The number of hydrogen-bond acceptors (Lipinski definition) is 4. The molecule has 7 nitrogen and oxygen atoms in total. The molecule has 0 aliphatic heterocycles. The van der Waals surface area contributed by atoms with Gasteiger partial charge in [-0.3, -0.25) is 9.59 Å². The Hall–Kier alpha value is -3.06. The SMILES string of the molecule is CC(=O)Nc1cc(Cl)c(C)cc1OCC(=O)NCCc1nc2ccccc2[nH]1. The number of hydrogen-bond donors (Lipinski definition) is 3. The minimum Gasteiger partial charge on any atom is -0.482 e. The van der Waals surface area contributed by atoms with Crippen LogP contribution in [0.3, 0.4) is 0 Å². The first-order chi connectivity index (χ1) is 13.4. The van der Waals surface area contributed by atoms with E-state index in [1.165, 1.54) is 6.92 Å². The van der Waals surface area contributed by atoms with E-state index in [0.29, 0.717) is 29.4 Å². The van der Waals surface area contributed by atoms with Crippen LogP contribution in [0.2, 0.25) is 5.02 Å². The number of aryl methyl sites for hydroxylation is 1. The molecular weight excluding hydrogens is 380 g/mol. The lowest BCUT2D eigenvalue weighted by atomic mass is 10.2. The molecule has 0 saturated heterocycles. The van der Waals surface area contributed by atoms with Gasteiger partial charge in [0, 0.05) is 24.9 Å². The first kappa shape index (κ1) is 19.7. The van der Waals surface area contributed by atoms with E-state index in [0.717, 1.165) is 22.4 Å². The molecule has 0 bridgehead atoms. The van der Waals surface area contributed by atoms with Crippen LogP contribution in [0.25, 0.3) is 11.0 Å². The third kappa shape index (κ3) is 5.01. The van der Waals surface area contributed by atoms with Gasteiger partial charge in [-0.25, -0.2) is 4.98 Å². The lowest BCUT2D eigenvalue weighted by molar-refractivity contribution is -0.123. The fraction of sp³-hybridized carbons (Fsp3) is 0.250. The summed E-state index contributed by atoms with van der Waals surface area (Å²) in [6.45, 7) is 3.47. The highest BCUT2D eigenvalue weighted by Crippen LogP contribution is 2.31. The fourth-order valence-electron chi connectivity index (χ4n) is 2.70. The van der Waals surface area contributed by atoms with Crippen molar-refractivity contribution in [2.75, 3.05) is 18.5 Å². The van der Waals surface area contributed by atoms with Crippen molar-refractivity contribution < 1.29 is 14.3 Å². The smallest absolute Gasteiger partial charge is 0.257 e. The lowest BCUT2D eigenvalue weighted by Crippen LogP contribution is -2.30. The molecule has 8 heteroatoms. The predicted octanol–water partition coefficient (Wildman–Crippen LogP) is 3.22. The summed E-state index contributed by atoms with van der Waals surface area (Å²) in [5.41, 5.74) is 3.08. The van der Waals surface area contributed by atoms with E-state index in [-0.39, 0.29) is 18.4 Å². The van der Waals surface area contributed by atoms with Gasteiger partial charge in [0.2, 0.25) is 5.91 Å². The number of rotatable bonds is 7. The maximum atomic E-state index is 12.1. The monoisotopic (exact) mass is 400 g/mol. The molecule has 0 fully saturated rings. The summed E-state index contributed by atoms with van der Waals surface area (Å²) in [4.78, 5) is 31.1. The van der Waals surface area contributed by atoms with Crippen LogP contribution in [0.4, 0.5) is 5.69 Å². The molecule has 0 aliphatic carbocycles. The molecular formula is C20H21ClN4O3. The second kappa shape index (κ2) is 8.75. The van der Waals surface area contributed by atoms with Gasteiger partial charge >= 0.3 is 0 Å². The van der Waals surface area contributed by atoms with E-state index < -0.39 is 0 Å². The zero-order valence-electron chi connectivity index (χ0n) is 15.6. The Morgan fingerprint density at radius 3 is 2.79 bits per heavy atom. The molecule has 2 aromatic carbocycles. The van der Waals surface area contributed by atoms with Crippen molar-refractivity contribution in [2.45, 2.75) is 20.3 Å². The molecule has 0 atom stereocenters. The molecule has 3 N–H and O–H groups in total. The quantitative estimate of drug-likeness (QED) is 0.567. The van der Waals surface area contributed by atoms with Crippen molar-refractivity contribution in [3.63, 3.8) is 0 Å². The Labute approximate surface area is 167 Å². The molecule has 3 aromatic rings. The van der Waals surface area contributed by atoms with Crippen LogP contribution in [-0.2, 0) is 16.0 Å². The van der Waals surface area contributed by atoms with Gasteiger partial charge in [-0.2, -0.15) is 0 Å². The van der Waals surface area contributed by atoms with Crippen LogP contribution >= 0.6 is 11.6 Å². The molecule has 0 spiro atoms. The number of anilines is 1. The average molecular weight is 401 g/mol. The standard InChI is InChI=1S/C20H21ClN4O3/c1-12-9-18(17(10-14(12)21)23-13(2)26)28-11-20(27)22-8-7-19-24-15-5-3-4-6-16(15)25-19/h3-6,9-10H,7-8,11H2,1-2H3,(H,22,27)(H,23,26)(H,24,25). The van der Waals surface area contributed by atoms with E-state index in [1.807, 2.05) is 31.2 Å². The van der Waals surface area contributed by atoms with Gasteiger partial charge in [0.25, 0.3) is 5.91 Å². The van der Waals surface area contributed by atoms with Crippen molar-refractivity contribution in [3.8, 4) is 5.75 Å².